The van der Waals surface area contributed by atoms with E-state index in [1.807, 2.05) is 6.92 Å². The summed E-state index contributed by atoms with van der Waals surface area (Å²) < 4.78 is 5.36. The molecule has 0 spiro atoms. The van der Waals surface area contributed by atoms with Crippen LogP contribution in [0.15, 0.2) is 33.7 Å². The highest BCUT2D eigenvalue weighted by Gasteiger charge is 2.30. The fraction of sp³-hybridized carbons (Fsp3) is 0.471. The zero-order chi connectivity index (χ0) is 14.8. The van der Waals surface area contributed by atoms with Crippen molar-refractivity contribution >= 4 is 11.8 Å². The van der Waals surface area contributed by atoms with Crippen LogP contribution in [0.2, 0.25) is 0 Å². The Morgan fingerprint density at radius 2 is 2.05 bits per heavy atom. The summed E-state index contributed by atoms with van der Waals surface area (Å²) in [7, 11) is 0. The monoisotopic (exact) mass is 302 g/mol. The molecule has 1 aliphatic rings. The number of hydrogen-bond donors (Lipinski definition) is 0. The molecular formula is C17H22N2OS. The first kappa shape index (κ1) is 14.7. The van der Waals surface area contributed by atoms with Crippen molar-refractivity contribution in [3.05, 3.63) is 46.8 Å². The smallest absolute Gasteiger partial charge is 0.138 e. The molecule has 21 heavy (non-hydrogen) atoms. The maximum Gasteiger partial charge on any atom is 0.138 e. The molecule has 2 heterocycles. The Morgan fingerprint density at radius 3 is 2.67 bits per heavy atom. The van der Waals surface area contributed by atoms with Gasteiger partial charge in [0.1, 0.15) is 5.76 Å². The van der Waals surface area contributed by atoms with Crippen LogP contribution >= 0.6 is 11.8 Å². The van der Waals surface area contributed by atoms with Crippen LogP contribution in [0.1, 0.15) is 41.5 Å². The number of hydrogen-bond acceptors (Lipinski definition) is 4. The Bertz CT molecular complexity index is 586. The first-order valence-corrected chi connectivity index (χ1v) is 8.71. The minimum Gasteiger partial charge on any atom is -0.361 e. The lowest BCUT2D eigenvalue weighted by Crippen LogP contribution is -2.23. The lowest BCUT2D eigenvalue weighted by Gasteiger charge is -2.24. The fourth-order valence-corrected chi connectivity index (χ4v) is 3.68. The van der Waals surface area contributed by atoms with E-state index in [4.69, 9.17) is 4.52 Å². The lowest BCUT2D eigenvalue weighted by atomic mass is 10.0. The zero-order valence-electron chi connectivity index (χ0n) is 12.9. The van der Waals surface area contributed by atoms with Gasteiger partial charge < -0.3 is 4.52 Å². The molecular weight excluding hydrogens is 280 g/mol. The van der Waals surface area contributed by atoms with Gasteiger partial charge in [-0.3, -0.25) is 4.90 Å². The molecule has 1 fully saturated rings. The first-order valence-electron chi connectivity index (χ1n) is 7.49. The molecule has 0 bridgehead atoms. The second-order valence-corrected chi connectivity index (χ2v) is 6.59. The van der Waals surface area contributed by atoms with Crippen molar-refractivity contribution < 1.29 is 4.52 Å². The summed E-state index contributed by atoms with van der Waals surface area (Å²) in [5.74, 6) is 0.974. The highest BCUT2D eigenvalue weighted by atomic mass is 32.2. The number of likely N-dealkylation sites (tertiary alicyclic amines) is 1. The molecule has 4 heteroatoms. The van der Waals surface area contributed by atoms with E-state index >= 15 is 0 Å². The van der Waals surface area contributed by atoms with Gasteiger partial charge in [0.2, 0.25) is 0 Å². The molecule has 2 aromatic rings. The zero-order valence-corrected chi connectivity index (χ0v) is 13.7. The third-order valence-electron chi connectivity index (χ3n) is 4.33. The van der Waals surface area contributed by atoms with Crippen molar-refractivity contribution in [1.29, 1.82) is 0 Å². The molecule has 0 radical (unpaired) electrons. The fourth-order valence-electron chi connectivity index (χ4n) is 3.27. The lowest BCUT2D eigenvalue weighted by molar-refractivity contribution is 0.245. The Labute approximate surface area is 130 Å². The largest absolute Gasteiger partial charge is 0.361 e. The Kier molecular flexibility index (Phi) is 4.36. The molecule has 1 atom stereocenters. The number of nitrogens with zero attached hydrogens (tertiary/aromatic N) is 2. The molecule has 3 nitrogen and oxygen atoms in total. The van der Waals surface area contributed by atoms with Gasteiger partial charge in [-0.05, 0) is 57.2 Å². The molecule has 0 saturated carbocycles. The van der Waals surface area contributed by atoms with Gasteiger partial charge in [0.25, 0.3) is 0 Å². The van der Waals surface area contributed by atoms with E-state index in [1.54, 1.807) is 11.8 Å². The van der Waals surface area contributed by atoms with Crippen LogP contribution in [-0.4, -0.2) is 22.9 Å². The number of rotatable bonds is 4. The maximum absolute atomic E-state index is 5.36. The number of benzene rings is 1. The molecule has 3 rings (SSSR count). The molecule has 1 saturated heterocycles. The summed E-state index contributed by atoms with van der Waals surface area (Å²) >= 11 is 1.79. The number of aryl methyl sites for hydroxylation is 2. The van der Waals surface area contributed by atoms with Crippen LogP contribution in [0.4, 0.5) is 0 Å². The van der Waals surface area contributed by atoms with Gasteiger partial charge >= 0.3 is 0 Å². The predicted octanol–water partition coefficient (Wildman–Crippen LogP) is 4.35. The van der Waals surface area contributed by atoms with E-state index in [9.17, 15) is 0 Å². The summed E-state index contributed by atoms with van der Waals surface area (Å²) in [5, 5.41) is 4.12. The summed E-state index contributed by atoms with van der Waals surface area (Å²) in [6.07, 6.45) is 4.56. The van der Waals surface area contributed by atoms with Crippen molar-refractivity contribution in [2.24, 2.45) is 0 Å². The highest BCUT2D eigenvalue weighted by molar-refractivity contribution is 7.98. The standard InChI is InChI=1S/C17H22N2OS/c1-12-17(13(2)20-18-12)16-5-4-10-19(16)11-14-6-8-15(21-3)9-7-14/h6-9,16H,4-5,10-11H2,1-3H3. The molecule has 0 aliphatic carbocycles. The second kappa shape index (κ2) is 6.24. The Morgan fingerprint density at radius 1 is 1.29 bits per heavy atom. The van der Waals surface area contributed by atoms with Gasteiger partial charge in [-0.25, -0.2) is 0 Å². The van der Waals surface area contributed by atoms with Crippen LogP contribution in [0.5, 0.6) is 0 Å². The average Bonchev–Trinajstić information content (AvgIpc) is 3.06. The maximum atomic E-state index is 5.36. The van der Waals surface area contributed by atoms with Crippen LogP contribution in [-0.2, 0) is 6.54 Å². The number of thioether (sulfide) groups is 1. The second-order valence-electron chi connectivity index (χ2n) is 5.71. The van der Waals surface area contributed by atoms with Gasteiger partial charge in [-0.1, -0.05) is 17.3 Å². The van der Waals surface area contributed by atoms with E-state index in [-0.39, 0.29) is 0 Å². The van der Waals surface area contributed by atoms with Crippen molar-refractivity contribution in [1.82, 2.24) is 10.1 Å². The van der Waals surface area contributed by atoms with E-state index < -0.39 is 0 Å². The molecule has 112 valence electrons. The molecule has 0 amide bonds. The average molecular weight is 302 g/mol. The molecule has 0 N–H and O–H groups in total. The van der Waals surface area contributed by atoms with Crippen molar-refractivity contribution in [2.75, 3.05) is 12.8 Å². The first-order chi connectivity index (χ1) is 10.2. The molecule has 1 aliphatic heterocycles. The van der Waals surface area contributed by atoms with Gasteiger partial charge in [-0.15, -0.1) is 11.8 Å². The van der Waals surface area contributed by atoms with Crippen molar-refractivity contribution in [3.63, 3.8) is 0 Å². The summed E-state index contributed by atoms with van der Waals surface area (Å²) in [6, 6.07) is 9.36. The highest BCUT2D eigenvalue weighted by Crippen LogP contribution is 2.36. The Hall–Kier alpha value is -1.26. The van der Waals surface area contributed by atoms with E-state index in [1.165, 1.54) is 28.9 Å². The minimum atomic E-state index is 0.455. The third kappa shape index (κ3) is 3.01. The van der Waals surface area contributed by atoms with Gasteiger partial charge in [-0.2, -0.15) is 0 Å². The van der Waals surface area contributed by atoms with Gasteiger partial charge in [0, 0.05) is 23.0 Å². The topological polar surface area (TPSA) is 29.3 Å². The summed E-state index contributed by atoms with van der Waals surface area (Å²) in [4.78, 5) is 3.88. The van der Waals surface area contributed by atoms with Gasteiger partial charge in [0.15, 0.2) is 0 Å². The van der Waals surface area contributed by atoms with Crippen molar-refractivity contribution in [2.45, 2.75) is 44.2 Å². The Balaban J connectivity index is 1.78. The molecule has 1 aromatic carbocycles. The minimum absolute atomic E-state index is 0.455. The van der Waals surface area contributed by atoms with Crippen LogP contribution in [0, 0.1) is 13.8 Å². The van der Waals surface area contributed by atoms with Crippen LogP contribution in [0.3, 0.4) is 0 Å². The SMILES string of the molecule is CSc1ccc(CN2CCCC2c2c(C)noc2C)cc1. The van der Waals surface area contributed by atoms with Gasteiger partial charge in [0.05, 0.1) is 5.69 Å². The van der Waals surface area contributed by atoms with E-state index in [0.717, 1.165) is 24.5 Å². The quantitative estimate of drug-likeness (QED) is 0.785. The van der Waals surface area contributed by atoms with E-state index in [2.05, 4.69) is 47.5 Å². The van der Waals surface area contributed by atoms with E-state index in [0.29, 0.717) is 6.04 Å². The number of aromatic nitrogens is 1. The summed E-state index contributed by atoms with van der Waals surface area (Å²) in [6.45, 7) is 6.23. The third-order valence-corrected chi connectivity index (χ3v) is 5.07. The van der Waals surface area contributed by atoms with Crippen LogP contribution < -0.4 is 0 Å². The molecule has 1 aromatic heterocycles. The summed E-state index contributed by atoms with van der Waals surface area (Å²) in [5.41, 5.74) is 3.72. The van der Waals surface area contributed by atoms with Crippen molar-refractivity contribution in [3.8, 4) is 0 Å². The normalized spacial score (nSPS) is 19.3. The predicted molar refractivity (Wildman–Crippen MR) is 86.6 cm³/mol. The van der Waals surface area contributed by atoms with Crippen LogP contribution in [0.25, 0.3) is 0 Å². The molecule has 1 unspecified atom stereocenters.